The van der Waals surface area contributed by atoms with Crippen molar-refractivity contribution < 1.29 is 83.8 Å². The molecule has 0 amide bonds. The molecule has 2 nitrogen and oxygen atoms in total. The molecule has 33 heavy (non-hydrogen) atoms. The van der Waals surface area contributed by atoms with Crippen LogP contribution < -0.4 is 0 Å². The number of alkyl halides is 16. The number of ether oxygens (including phenoxy) is 2. The SMILES string of the molecule is F[SiH2]C1OCCCC1OC(F)C(F)(F)C(F)(F)C(F)(F)C(F)(F)C(F)(F)C(F)(F)C(F)(F)F. The number of hydrogen-bond acceptors (Lipinski definition) is 2. The Balaban J connectivity index is 3.38. The summed E-state index contributed by atoms with van der Waals surface area (Å²) >= 11 is 0. The summed E-state index contributed by atoms with van der Waals surface area (Å²) in [6.07, 6.45) is -15.7. The zero-order valence-electron chi connectivity index (χ0n) is 15.3. The molecule has 0 aromatic carbocycles. The molecule has 0 radical (unpaired) electrons. The first kappa shape index (κ1) is 30.0. The molecule has 3 unspecified atom stereocenters. The third kappa shape index (κ3) is 4.50. The highest BCUT2D eigenvalue weighted by atomic mass is 28.3. The van der Waals surface area contributed by atoms with Crippen molar-refractivity contribution in [3.05, 3.63) is 0 Å². The lowest BCUT2D eigenvalue weighted by atomic mass is 9.91. The maximum absolute atomic E-state index is 13.7. The van der Waals surface area contributed by atoms with Crippen LogP contribution in [0.3, 0.4) is 0 Å². The normalized spacial score (nSPS) is 23.9. The fourth-order valence-electron chi connectivity index (χ4n) is 2.47. The van der Waals surface area contributed by atoms with E-state index in [0.717, 1.165) is 0 Å². The van der Waals surface area contributed by atoms with E-state index in [1.807, 2.05) is 0 Å². The van der Waals surface area contributed by atoms with Crippen LogP contribution >= 0.6 is 0 Å². The molecule has 198 valence electrons. The van der Waals surface area contributed by atoms with Crippen molar-refractivity contribution in [3.63, 3.8) is 0 Å². The van der Waals surface area contributed by atoms with Gasteiger partial charge >= 0.3 is 41.7 Å². The first-order valence-corrected chi connectivity index (χ1v) is 9.61. The minimum Gasteiger partial charge on any atom is -0.376 e. The molecule has 0 spiro atoms. The Hall–Kier alpha value is -1.05. The number of rotatable bonds is 9. The molecule has 1 saturated heterocycles. The quantitative estimate of drug-likeness (QED) is 0.223. The van der Waals surface area contributed by atoms with Gasteiger partial charge in [0.1, 0.15) is 5.73 Å². The molecule has 1 heterocycles. The lowest BCUT2D eigenvalue weighted by molar-refractivity contribution is -0.459. The standard InChI is InChI=1S/C13H11F17O2Si/c14-6(32-4-2-1-3-31-5(4)33-30)7(15,16)8(17,18)9(19,20)10(21,22)11(23,24)12(25,26)13(27,28)29/h4-6H,1-3,33H2. The van der Waals surface area contributed by atoms with E-state index in [1.54, 1.807) is 0 Å². The van der Waals surface area contributed by atoms with Gasteiger partial charge in [-0.15, -0.1) is 0 Å². The van der Waals surface area contributed by atoms with E-state index < -0.39 is 76.2 Å². The van der Waals surface area contributed by atoms with E-state index in [9.17, 15) is 74.4 Å². The molecule has 1 aliphatic rings. The van der Waals surface area contributed by atoms with Gasteiger partial charge in [0.05, 0.1) is 6.10 Å². The Morgan fingerprint density at radius 2 is 1.12 bits per heavy atom. The summed E-state index contributed by atoms with van der Waals surface area (Å²) in [6.45, 7) is -0.252. The average Bonchev–Trinajstić information content (AvgIpc) is 2.66. The van der Waals surface area contributed by atoms with Crippen LogP contribution in [0.1, 0.15) is 12.8 Å². The van der Waals surface area contributed by atoms with Crippen molar-refractivity contribution in [1.82, 2.24) is 0 Å². The van der Waals surface area contributed by atoms with Crippen LogP contribution in [0.25, 0.3) is 0 Å². The summed E-state index contributed by atoms with van der Waals surface area (Å²) in [4.78, 5) is 0. The summed E-state index contributed by atoms with van der Waals surface area (Å²) in [5.74, 6) is -48.7. The first-order chi connectivity index (χ1) is 14.4. The fraction of sp³-hybridized carbons (Fsp3) is 1.00. The maximum atomic E-state index is 13.7. The maximum Gasteiger partial charge on any atom is 0.460 e. The molecule has 0 aromatic heterocycles. The molecule has 1 fully saturated rings. The smallest absolute Gasteiger partial charge is 0.376 e. The minimum absolute atomic E-state index is 0.197. The molecular weight excluding hydrogens is 539 g/mol. The Bertz CT molecular complexity index is 678. The van der Waals surface area contributed by atoms with Gasteiger partial charge in [-0.05, 0) is 12.8 Å². The molecular formula is C13H11F17O2Si. The van der Waals surface area contributed by atoms with Crippen molar-refractivity contribution in [2.75, 3.05) is 6.61 Å². The fourth-order valence-corrected chi connectivity index (χ4v) is 3.27. The Morgan fingerprint density at radius 1 is 0.697 bits per heavy atom. The molecule has 0 aliphatic carbocycles. The summed E-state index contributed by atoms with van der Waals surface area (Å²) < 4.78 is 231. The van der Waals surface area contributed by atoms with Crippen LogP contribution in [-0.2, 0) is 9.47 Å². The van der Waals surface area contributed by atoms with E-state index in [-0.39, 0.29) is 13.0 Å². The van der Waals surface area contributed by atoms with E-state index in [2.05, 4.69) is 9.47 Å². The van der Waals surface area contributed by atoms with Gasteiger partial charge in [0.15, 0.2) is 0 Å². The Kier molecular flexibility index (Phi) is 8.05. The molecule has 1 aliphatic heterocycles. The third-order valence-electron chi connectivity index (χ3n) is 4.46. The molecule has 3 atom stereocenters. The Morgan fingerprint density at radius 3 is 1.55 bits per heavy atom. The number of hydrogen-bond donors (Lipinski definition) is 0. The molecule has 0 bridgehead atoms. The summed E-state index contributed by atoms with van der Waals surface area (Å²) in [5, 5.41) is 0. The van der Waals surface area contributed by atoms with Crippen molar-refractivity contribution >= 4 is 9.85 Å². The van der Waals surface area contributed by atoms with E-state index >= 15 is 0 Å². The third-order valence-corrected chi connectivity index (χ3v) is 5.53. The first-order valence-electron chi connectivity index (χ1n) is 8.25. The monoisotopic (exact) mass is 550 g/mol. The molecule has 0 aromatic rings. The van der Waals surface area contributed by atoms with Crippen LogP contribution in [-0.4, -0.2) is 76.4 Å². The van der Waals surface area contributed by atoms with Crippen molar-refractivity contribution in [2.45, 2.75) is 72.7 Å². The second kappa shape index (κ2) is 8.87. The summed E-state index contributed by atoms with van der Waals surface area (Å²) in [6, 6.07) is 0. The topological polar surface area (TPSA) is 18.5 Å². The van der Waals surface area contributed by atoms with E-state index in [4.69, 9.17) is 0 Å². The molecule has 20 heteroatoms. The van der Waals surface area contributed by atoms with Crippen LogP contribution in [0.15, 0.2) is 0 Å². The Labute approximate surface area is 174 Å². The average molecular weight is 550 g/mol. The number of halogens is 17. The second-order valence-electron chi connectivity index (χ2n) is 6.69. The van der Waals surface area contributed by atoms with Gasteiger partial charge in [-0.25, -0.2) is 4.39 Å². The largest absolute Gasteiger partial charge is 0.460 e. The van der Waals surface area contributed by atoms with Gasteiger partial charge in [0, 0.05) is 6.61 Å². The second-order valence-corrected chi connectivity index (χ2v) is 7.80. The van der Waals surface area contributed by atoms with Crippen LogP contribution in [0.5, 0.6) is 0 Å². The highest BCUT2D eigenvalue weighted by molar-refractivity contribution is 6.28. The lowest BCUT2D eigenvalue weighted by Gasteiger charge is -2.42. The predicted octanol–water partition coefficient (Wildman–Crippen LogP) is 5.23. The van der Waals surface area contributed by atoms with E-state index in [1.165, 1.54) is 0 Å². The van der Waals surface area contributed by atoms with Gasteiger partial charge in [0.2, 0.25) is 9.85 Å². The highest BCUT2D eigenvalue weighted by Crippen LogP contribution is 2.62. The summed E-state index contributed by atoms with van der Waals surface area (Å²) in [5.41, 5.74) is -1.79. The van der Waals surface area contributed by atoms with Crippen LogP contribution in [0.4, 0.5) is 74.4 Å². The van der Waals surface area contributed by atoms with Gasteiger partial charge < -0.3 is 13.6 Å². The van der Waals surface area contributed by atoms with E-state index in [0.29, 0.717) is 0 Å². The predicted molar refractivity (Wildman–Crippen MR) is 74.1 cm³/mol. The molecule has 1 rings (SSSR count). The lowest BCUT2D eigenvalue weighted by Crippen LogP contribution is -2.73. The van der Waals surface area contributed by atoms with Gasteiger partial charge in [0.25, 0.3) is 6.36 Å². The highest BCUT2D eigenvalue weighted by Gasteiger charge is 2.94. The zero-order chi connectivity index (χ0) is 26.5. The summed E-state index contributed by atoms with van der Waals surface area (Å²) in [7, 11) is -2.90. The zero-order valence-corrected chi connectivity index (χ0v) is 16.7. The molecule has 0 N–H and O–H groups in total. The van der Waals surface area contributed by atoms with Crippen LogP contribution in [0.2, 0.25) is 0 Å². The van der Waals surface area contributed by atoms with Gasteiger partial charge in [-0.1, -0.05) is 0 Å². The molecule has 0 saturated carbocycles. The van der Waals surface area contributed by atoms with Gasteiger partial charge in [-0.2, -0.15) is 65.9 Å². The van der Waals surface area contributed by atoms with Crippen molar-refractivity contribution in [1.29, 1.82) is 0 Å². The van der Waals surface area contributed by atoms with Crippen molar-refractivity contribution in [3.8, 4) is 0 Å². The van der Waals surface area contributed by atoms with Gasteiger partial charge in [-0.3, -0.25) is 0 Å². The van der Waals surface area contributed by atoms with Crippen molar-refractivity contribution in [2.24, 2.45) is 0 Å². The minimum atomic E-state index is -8.52. The van der Waals surface area contributed by atoms with Crippen LogP contribution in [0, 0.1) is 0 Å².